The van der Waals surface area contributed by atoms with E-state index in [0.29, 0.717) is 12.1 Å². The molecule has 4 atom stereocenters. The molecule has 3 aromatic carbocycles. The summed E-state index contributed by atoms with van der Waals surface area (Å²) in [6.07, 6.45) is 1.93. The second-order valence-electron chi connectivity index (χ2n) is 11.5. The molecule has 7 rings (SSSR count). The number of allylic oxidation sites excluding steroid dienone is 1. The summed E-state index contributed by atoms with van der Waals surface area (Å²) in [5.41, 5.74) is 3.27. The predicted molar refractivity (Wildman–Crippen MR) is 176 cm³/mol. The molecule has 0 bridgehead atoms. The zero-order valence-electron chi connectivity index (χ0n) is 25.1. The van der Waals surface area contributed by atoms with Gasteiger partial charge >= 0.3 is 0 Å². The van der Waals surface area contributed by atoms with Crippen molar-refractivity contribution in [2.24, 2.45) is 0 Å². The van der Waals surface area contributed by atoms with E-state index in [-0.39, 0.29) is 35.0 Å². The van der Waals surface area contributed by atoms with Gasteiger partial charge in [0.1, 0.15) is 6.17 Å². The number of thioether (sulfide) groups is 2. The molecule has 2 fully saturated rings. The van der Waals surface area contributed by atoms with Gasteiger partial charge in [0.25, 0.3) is 21.8 Å². The lowest BCUT2D eigenvalue weighted by molar-refractivity contribution is -0.157. The van der Waals surface area contributed by atoms with Crippen molar-refractivity contribution in [1.82, 2.24) is 9.80 Å². The molecule has 0 radical (unpaired) electrons. The van der Waals surface area contributed by atoms with Gasteiger partial charge in [-0.05, 0) is 46.9 Å². The van der Waals surface area contributed by atoms with Crippen molar-refractivity contribution in [3.05, 3.63) is 102 Å². The summed E-state index contributed by atoms with van der Waals surface area (Å²) in [6, 6.07) is 23.8. The van der Waals surface area contributed by atoms with Gasteiger partial charge in [-0.15, -0.1) is 0 Å². The van der Waals surface area contributed by atoms with Crippen LogP contribution >= 0.6 is 23.5 Å². The van der Waals surface area contributed by atoms with E-state index in [2.05, 4.69) is 18.2 Å². The largest absolute Gasteiger partial charge is 0.374 e. The van der Waals surface area contributed by atoms with Gasteiger partial charge in [0.05, 0.1) is 27.9 Å². The molecule has 2 amide bonds. The molecule has 3 aromatic rings. The summed E-state index contributed by atoms with van der Waals surface area (Å²) in [5, 5.41) is -0.903. The first-order valence-electron chi connectivity index (χ1n) is 14.6. The Morgan fingerprint density at radius 2 is 1.60 bits per heavy atom. The van der Waals surface area contributed by atoms with E-state index in [0.717, 1.165) is 22.3 Å². The van der Waals surface area contributed by atoms with Crippen molar-refractivity contribution < 1.29 is 27.5 Å². The van der Waals surface area contributed by atoms with Crippen LogP contribution in [0.4, 0.5) is 5.69 Å². The number of carbonyl (C=O) groups is 2. The molecule has 0 spiro atoms. The molecule has 0 aromatic heterocycles. The van der Waals surface area contributed by atoms with Crippen molar-refractivity contribution in [2.45, 2.75) is 39.6 Å². The number of ether oxygens (including phenoxy) is 2. The fourth-order valence-corrected chi connectivity index (χ4v) is 11.3. The monoisotopic (exact) mass is 663 g/mol. The zero-order chi connectivity index (χ0) is 31.6. The number of benzene rings is 3. The minimum Gasteiger partial charge on any atom is -0.374 e. The van der Waals surface area contributed by atoms with Crippen LogP contribution < -0.4 is 4.31 Å². The molecular weight excluding hydrogens is 631 g/mol. The van der Waals surface area contributed by atoms with Crippen LogP contribution in [0.5, 0.6) is 0 Å². The number of amides is 2. The Bertz CT molecular complexity index is 1820. The molecular formula is C33H33N3O6S3. The summed E-state index contributed by atoms with van der Waals surface area (Å²) < 4.78 is 41.9. The summed E-state index contributed by atoms with van der Waals surface area (Å²) in [4.78, 5) is 31.4. The van der Waals surface area contributed by atoms with Gasteiger partial charge < -0.3 is 14.4 Å². The minimum atomic E-state index is -4.22. The van der Waals surface area contributed by atoms with Crippen molar-refractivity contribution in [2.75, 3.05) is 37.5 Å². The number of carbonyl (C=O) groups excluding carboxylic acids is 2. The molecule has 2 saturated heterocycles. The van der Waals surface area contributed by atoms with Crippen molar-refractivity contribution in [3.63, 3.8) is 0 Å². The van der Waals surface area contributed by atoms with Crippen molar-refractivity contribution >= 4 is 56.6 Å². The first-order valence-corrected chi connectivity index (χ1v) is 18.0. The molecule has 12 heteroatoms. The van der Waals surface area contributed by atoms with Crippen molar-refractivity contribution in [1.29, 1.82) is 0 Å². The number of sulfonamides is 1. The standard InChI is InChI=1S/C33H33N3O6S3/c1-34-29(43-20-41-2)28(37)35-30-32(19-33(35,31(34)38)44-21-42-3,25-18-17-22-11-7-8-14-24(22)25)26-15-9-10-16-27(26)36(30)45(39,40)23-12-5-4-6-13-23/h4-16,18,29-30H,17,19-21H2,1-3H3/t29-,30-,32-,33-/m0/s1. The van der Waals surface area contributed by atoms with Crippen LogP contribution in [0.15, 0.2) is 89.8 Å². The number of hydrogen-bond donors (Lipinski definition) is 0. The molecule has 1 aliphatic carbocycles. The molecule has 45 heavy (non-hydrogen) atoms. The summed E-state index contributed by atoms with van der Waals surface area (Å²) in [6.45, 7) is 0. The van der Waals surface area contributed by atoms with Gasteiger partial charge in [0.15, 0.2) is 10.2 Å². The van der Waals surface area contributed by atoms with Gasteiger partial charge in [-0.2, -0.15) is 0 Å². The van der Waals surface area contributed by atoms with Gasteiger partial charge in [-0.3, -0.25) is 14.5 Å². The Morgan fingerprint density at radius 3 is 2.36 bits per heavy atom. The third kappa shape index (κ3) is 4.19. The maximum atomic E-state index is 14.9. The first-order chi connectivity index (χ1) is 21.7. The number of rotatable bonds is 9. The third-order valence-electron chi connectivity index (χ3n) is 9.27. The van der Waals surface area contributed by atoms with Crippen LogP contribution in [-0.2, 0) is 40.9 Å². The van der Waals surface area contributed by atoms with Crippen LogP contribution in [0.2, 0.25) is 0 Å². The quantitative estimate of drug-likeness (QED) is 0.309. The van der Waals surface area contributed by atoms with E-state index >= 15 is 0 Å². The van der Waals surface area contributed by atoms with Gasteiger partial charge in [0, 0.05) is 27.7 Å². The molecule has 4 aliphatic rings. The highest BCUT2D eigenvalue weighted by Gasteiger charge is 2.75. The summed E-state index contributed by atoms with van der Waals surface area (Å²) in [7, 11) is 0.497. The normalized spacial score (nSPS) is 26.9. The lowest BCUT2D eigenvalue weighted by Gasteiger charge is -2.49. The highest BCUT2D eigenvalue weighted by atomic mass is 32.2. The van der Waals surface area contributed by atoms with E-state index in [1.54, 1.807) is 55.5 Å². The number of nitrogens with zero attached hydrogens (tertiary/aromatic N) is 3. The van der Waals surface area contributed by atoms with E-state index in [4.69, 9.17) is 9.47 Å². The minimum absolute atomic E-state index is 0.108. The average molecular weight is 664 g/mol. The van der Waals surface area contributed by atoms with Gasteiger partial charge in [-0.1, -0.05) is 90.3 Å². The van der Waals surface area contributed by atoms with Gasteiger partial charge in [-0.25, -0.2) is 12.7 Å². The number of likely N-dealkylation sites (N-methyl/N-ethyl adjacent to an activating group) is 1. The Morgan fingerprint density at radius 1 is 0.911 bits per heavy atom. The first kappa shape index (κ1) is 30.4. The number of fused-ring (bicyclic) bond motifs is 6. The second-order valence-corrected chi connectivity index (χ2v) is 15.5. The van der Waals surface area contributed by atoms with Crippen LogP contribution in [0.3, 0.4) is 0 Å². The fraction of sp³-hybridized carbons (Fsp3) is 0.333. The lowest BCUT2D eigenvalue weighted by Crippen LogP contribution is -2.70. The van der Waals surface area contributed by atoms with E-state index in [9.17, 15) is 18.0 Å². The number of anilines is 1. The molecule has 3 heterocycles. The lowest BCUT2D eigenvalue weighted by atomic mass is 9.70. The Hall–Kier alpha value is -3.29. The zero-order valence-corrected chi connectivity index (χ0v) is 27.5. The van der Waals surface area contributed by atoms with Crippen molar-refractivity contribution in [3.8, 4) is 0 Å². The highest BCUT2D eigenvalue weighted by Crippen LogP contribution is 2.67. The van der Waals surface area contributed by atoms with Crippen LogP contribution in [0.1, 0.15) is 23.1 Å². The maximum absolute atomic E-state index is 14.9. The molecule has 234 valence electrons. The molecule has 0 unspecified atom stereocenters. The second kappa shape index (κ2) is 11.2. The predicted octanol–water partition coefficient (Wildman–Crippen LogP) is 4.50. The smallest absolute Gasteiger partial charge is 0.266 e. The average Bonchev–Trinajstić information content (AvgIpc) is 3.70. The number of para-hydroxylation sites is 1. The van der Waals surface area contributed by atoms with E-state index < -0.39 is 31.8 Å². The molecule has 3 aliphatic heterocycles. The van der Waals surface area contributed by atoms with Gasteiger partial charge in [0.2, 0.25) is 0 Å². The molecule has 0 saturated carbocycles. The van der Waals surface area contributed by atoms with Crippen LogP contribution in [-0.4, -0.2) is 79.6 Å². The number of hydrogen-bond acceptors (Lipinski definition) is 8. The molecule has 0 N–H and O–H groups in total. The number of methoxy groups -OCH3 is 2. The Kier molecular flexibility index (Phi) is 7.56. The topological polar surface area (TPSA) is 96.5 Å². The maximum Gasteiger partial charge on any atom is 0.266 e. The molecule has 9 nitrogen and oxygen atoms in total. The summed E-state index contributed by atoms with van der Waals surface area (Å²) in [5.74, 6) is -0.304. The Labute approximate surface area is 271 Å². The van der Waals surface area contributed by atoms with E-state index in [1.807, 2.05) is 30.3 Å². The highest BCUT2D eigenvalue weighted by molar-refractivity contribution is 8.01. The summed E-state index contributed by atoms with van der Waals surface area (Å²) >= 11 is 2.44. The SMILES string of the molecule is COCS[C@H]1C(=O)N2[C@H]3N(S(=O)(=O)c4ccccc4)c4ccccc4[C@@]3(C3=CCc4ccccc43)C[C@]2(SCOC)C(=O)N1C. The van der Waals surface area contributed by atoms with Crippen LogP contribution in [0, 0.1) is 0 Å². The van der Waals surface area contributed by atoms with E-state index in [1.165, 1.54) is 39.8 Å². The Balaban J connectivity index is 1.55. The third-order valence-corrected chi connectivity index (χ3v) is 13.6. The number of piperazine rings is 1. The van der Waals surface area contributed by atoms with Crippen LogP contribution in [0.25, 0.3) is 5.57 Å². The fourth-order valence-electron chi connectivity index (χ4n) is 7.54.